The molecule has 3 atom stereocenters. The number of aliphatic hydroxyl groups is 1. The number of rotatable bonds is 3. The molecule has 2 rings (SSSR count). The molecule has 4 heteroatoms. The number of hydrogen-bond acceptors (Lipinski definition) is 3. The Balaban J connectivity index is 0.00000144. The SMILES string of the molecule is Br.CCOC(O)C1=NC2CCCCC2(C)C=C1. The average Bonchev–Trinajstić information content (AvgIpc) is 2.28. The minimum Gasteiger partial charge on any atom is -0.363 e. The average molecular weight is 304 g/mol. The van der Waals surface area contributed by atoms with Crippen molar-refractivity contribution >= 4 is 22.7 Å². The van der Waals surface area contributed by atoms with E-state index in [-0.39, 0.29) is 22.4 Å². The Morgan fingerprint density at radius 1 is 1.59 bits per heavy atom. The maximum absolute atomic E-state index is 9.74. The van der Waals surface area contributed by atoms with Gasteiger partial charge in [-0.15, -0.1) is 17.0 Å². The van der Waals surface area contributed by atoms with Crippen LogP contribution in [0.4, 0.5) is 0 Å². The van der Waals surface area contributed by atoms with E-state index in [2.05, 4.69) is 18.0 Å². The van der Waals surface area contributed by atoms with Crippen LogP contribution in [0.3, 0.4) is 0 Å². The van der Waals surface area contributed by atoms with E-state index in [1.54, 1.807) is 0 Å². The van der Waals surface area contributed by atoms with Gasteiger partial charge in [-0.1, -0.05) is 25.8 Å². The monoisotopic (exact) mass is 303 g/mol. The van der Waals surface area contributed by atoms with Crippen LogP contribution in [0.25, 0.3) is 0 Å². The van der Waals surface area contributed by atoms with Crippen LogP contribution in [0.15, 0.2) is 17.1 Å². The van der Waals surface area contributed by atoms with Crippen molar-refractivity contribution in [3.05, 3.63) is 12.2 Å². The highest BCUT2D eigenvalue weighted by Gasteiger charge is 2.37. The minimum absolute atomic E-state index is 0. The normalized spacial score (nSPS) is 33.4. The largest absolute Gasteiger partial charge is 0.363 e. The van der Waals surface area contributed by atoms with Gasteiger partial charge in [0.2, 0.25) is 0 Å². The lowest BCUT2D eigenvalue weighted by molar-refractivity contribution is -0.0440. The van der Waals surface area contributed by atoms with Crippen molar-refractivity contribution in [2.75, 3.05) is 6.61 Å². The fourth-order valence-electron chi connectivity index (χ4n) is 2.63. The van der Waals surface area contributed by atoms with Gasteiger partial charge in [0.25, 0.3) is 0 Å². The molecule has 2 aliphatic rings. The Labute approximate surface area is 114 Å². The molecular formula is C13H22BrNO2. The van der Waals surface area contributed by atoms with Crippen molar-refractivity contribution in [3.8, 4) is 0 Å². The molecule has 0 bridgehead atoms. The van der Waals surface area contributed by atoms with Crippen molar-refractivity contribution < 1.29 is 9.84 Å². The zero-order valence-electron chi connectivity index (χ0n) is 10.6. The molecule has 3 nitrogen and oxygen atoms in total. The number of dihydropyridines is 1. The van der Waals surface area contributed by atoms with E-state index in [9.17, 15) is 5.11 Å². The van der Waals surface area contributed by atoms with Gasteiger partial charge in [-0.05, 0) is 25.8 Å². The Morgan fingerprint density at radius 3 is 3.06 bits per heavy atom. The molecule has 0 aromatic carbocycles. The molecule has 0 amide bonds. The van der Waals surface area contributed by atoms with Gasteiger partial charge in [0, 0.05) is 12.0 Å². The van der Waals surface area contributed by atoms with E-state index >= 15 is 0 Å². The number of halogens is 1. The molecule has 0 aromatic heterocycles. The maximum Gasteiger partial charge on any atom is 0.198 e. The van der Waals surface area contributed by atoms with Crippen LogP contribution in [-0.2, 0) is 4.74 Å². The minimum atomic E-state index is -0.854. The topological polar surface area (TPSA) is 41.8 Å². The van der Waals surface area contributed by atoms with E-state index in [1.165, 1.54) is 19.3 Å². The van der Waals surface area contributed by atoms with Crippen LogP contribution < -0.4 is 0 Å². The molecule has 1 heterocycles. The third-order valence-corrected chi connectivity index (χ3v) is 3.72. The van der Waals surface area contributed by atoms with Gasteiger partial charge in [-0.25, -0.2) is 0 Å². The Hall–Kier alpha value is -0.190. The van der Waals surface area contributed by atoms with E-state index < -0.39 is 6.29 Å². The molecule has 1 aliphatic carbocycles. The predicted molar refractivity (Wildman–Crippen MR) is 74.9 cm³/mol. The van der Waals surface area contributed by atoms with Crippen LogP contribution in [0.5, 0.6) is 0 Å². The van der Waals surface area contributed by atoms with Gasteiger partial charge in [0.1, 0.15) is 0 Å². The first-order chi connectivity index (χ1) is 7.65. The lowest BCUT2D eigenvalue weighted by Crippen LogP contribution is -2.38. The van der Waals surface area contributed by atoms with Crippen LogP contribution in [0, 0.1) is 5.41 Å². The van der Waals surface area contributed by atoms with Gasteiger partial charge in [-0.2, -0.15) is 0 Å². The molecule has 1 saturated carbocycles. The number of ether oxygens (including phenoxy) is 1. The second-order valence-corrected chi connectivity index (χ2v) is 4.96. The molecule has 0 radical (unpaired) electrons. The smallest absolute Gasteiger partial charge is 0.198 e. The summed E-state index contributed by atoms with van der Waals surface area (Å²) in [6.07, 6.45) is 8.15. The summed E-state index contributed by atoms with van der Waals surface area (Å²) in [5.74, 6) is 0. The quantitative estimate of drug-likeness (QED) is 0.815. The first-order valence-electron chi connectivity index (χ1n) is 6.22. The summed E-state index contributed by atoms with van der Waals surface area (Å²) in [5.41, 5.74) is 0.888. The van der Waals surface area contributed by atoms with Gasteiger partial charge < -0.3 is 9.84 Å². The van der Waals surface area contributed by atoms with Crippen molar-refractivity contribution in [1.82, 2.24) is 0 Å². The molecule has 1 fully saturated rings. The number of aliphatic hydroxyl groups excluding tert-OH is 1. The second-order valence-electron chi connectivity index (χ2n) is 4.96. The summed E-state index contributed by atoms with van der Waals surface area (Å²) >= 11 is 0. The molecule has 1 N–H and O–H groups in total. The highest BCUT2D eigenvalue weighted by atomic mass is 79.9. The second kappa shape index (κ2) is 6.12. The predicted octanol–water partition coefficient (Wildman–Crippen LogP) is 2.88. The molecule has 0 saturated heterocycles. The van der Waals surface area contributed by atoms with E-state index in [0.29, 0.717) is 18.4 Å². The van der Waals surface area contributed by atoms with Crippen LogP contribution >= 0.6 is 17.0 Å². The fraction of sp³-hybridized carbons (Fsp3) is 0.769. The molecule has 0 spiro atoms. The summed E-state index contributed by atoms with van der Waals surface area (Å²) in [5, 5.41) is 9.74. The summed E-state index contributed by atoms with van der Waals surface area (Å²) in [7, 11) is 0. The van der Waals surface area contributed by atoms with Crippen LogP contribution in [-0.4, -0.2) is 29.8 Å². The molecule has 3 unspecified atom stereocenters. The number of hydrogen-bond donors (Lipinski definition) is 1. The summed E-state index contributed by atoms with van der Waals surface area (Å²) in [6.45, 7) is 4.65. The van der Waals surface area contributed by atoms with Gasteiger partial charge in [0.05, 0.1) is 11.8 Å². The van der Waals surface area contributed by atoms with Crippen molar-refractivity contribution in [2.24, 2.45) is 10.4 Å². The van der Waals surface area contributed by atoms with Crippen LogP contribution in [0.2, 0.25) is 0 Å². The van der Waals surface area contributed by atoms with Gasteiger partial charge in [0.15, 0.2) is 6.29 Å². The molecule has 17 heavy (non-hydrogen) atoms. The molecule has 1 aliphatic heterocycles. The van der Waals surface area contributed by atoms with E-state index in [1.807, 2.05) is 13.0 Å². The Kier molecular flexibility index (Phi) is 5.35. The number of nitrogens with zero attached hydrogens (tertiary/aromatic N) is 1. The Bertz CT molecular complexity index is 317. The number of fused-ring (bicyclic) bond motifs is 1. The van der Waals surface area contributed by atoms with Crippen molar-refractivity contribution in [1.29, 1.82) is 0 Å². The highest BCUT2D eigenvalue weighted by Crippen LogP contribution is 2.41. The molecular weight excluding hydrogens is 282 g/mol. The van der Waals surface area contributed by atoms with Gasteiger partial charge >= 0.3 is 0 Å². The zero-order valence-corrected chi connectivity index (χ0v) is 12.3. The standard InChI is InChI=1S/C13H21NO2.BrH/c1-3-16-12(15)10-7-9-13(2)8-5-4-6-11(13)14-10;/h7,9,11-12,15H,3-6,8H2,1-2H3;1H. The third-order valence-electron chi connectivity index (χ3n) is 3.72. The summed E-state index contributed by atoms with van der Waals surface area (Å²) in [6, 6.07) is 0.330. The third kappa shape index (κ3) is 3.18. The van der Waals surface area contributed by atoms with Crippen molar-refractivity contribution in [3.63, 3.8) is 0 Å². The van der Waals surface area contributed by atoms with Gasteiger partial charge in [-0.3, -0.25) is 4.99 Å². The first kappa shape index (κ1) is 14.9. The summed E-state index contributed by atoms with van der Waals surface area (Å²) in [4.78, 5) is 4.65. The Morgan fingerprint density at radius 2 is 2.35 bits per heavy atom. The fourth-order valence-corrected chi connectivity index (χ4v) is 2.63. The van der Waals surface area contributed by atoms with Crippen molar-refractivity contribution in [2.45, 2.75) is 51.9 Å². The summed E-state index contributed by atoms with van der Waals surface area (Å²) < 4.78 is 5.17. The van der Waals surface area contributed by atoms with Crippen LogP contribution in [0.1, 0.15) is 39.5 Å². The lowest BCUT2D eigenvalue weighted by atomic mass is 9.70. The highest BCUT2D eigenvalue weighted by molar-refractivity contribution is 8.93. The van der Waals surface area contributed by atoms with E-state index in [0.717, 1.165) is 6.42 Å². The molecule has 98 valence electrons. The maximum atomic E-state index is 9.74. The van der Waals surface area contributed by atoms with E-state index in [4.69, 9.17) is 4.74 Å². The zero-order chi connectivity index (χ0) is 11.6. The lowest BCUT2D eigenvalue weighted by Gasteiger charge is -2.39. The first-order valence-corrected chi connectivity index (χ1v) is 6.22. The number of aliphatic imine (C=N–C) groups is 1. The molecule has 0 aromatic rings.